The van der Waals surface area contributed by atoms with Gasteiger partial charge in [-0.2, -0.15) is 0 Å². The van der Waals surface area contributed by atoms with E-state index in [9.17, 15) is 0 Å². The molecule has 5 nitrogen and oxygen atoms in total. The minimum absolute atomic E-state index is 0.862. The van der Waals surface area contributed by atoms with E-state index in [4.69, 9.17) is 0 Å². The molecule has 1 rings (SSSR count). The number of nitrogens with zero attached hydrogens (tertiary/aromatic N) is 4. The number of hydrogen-bond donors (Lipinski definition) is 1. The summed E-state index contributed by atoms with van der Waals surface area (Å²) >= 11 is 0. The molecule has 15 heavy (non-hydrogen) atoms. The van der Waals surface area contributed by atoms with Crippen LogP contribution in [0.3, 0.4) is 0 Å². The first-order valence-electron chi connectivity index (χ1n) is 5.33. The van der Waals surface area contributed by atoms with Crippen molar-refractivity contribution in [2.45, 2.75) is 19.9 Å². The lowest BCUT2D eigenvalue weighted by Gasteiger charge is -2.15. The Morgan fingerprint density at radius 1 is 1.40 bits per heavy atom. The molecule has 1 N–H and O–H groups in total. The topological polar surface area (TPSA) is 46.0 Å². The molecule has 0 radical (unpaired) electrons. The number of rotatable bonds is 6. The standard InChI is InChI=1S/C10H21N5/c1-9-12-13-10(15(9)4)8-14(3)7-5-6-11-2/h11H,5-8H2,1-4H3. The fourth-order valence-electron chi connectivity index (χ4n) is 1.43. The SMILES string of the molecule is CNCCCN(C)Cc1nnc(C)n1C. The van der Waals surface area contributed by atoms with Gasteiger partial charge in [0.05, 0.1) is 6.54 Å². The van der Waals surface area contributed by atoms with Crippen molar-refractivity contribution in [3.8, 4) is 0 Å². The average Bonchev–Trinajstić information content (AvgIpc) is 2.50. The summed E-state index contributed by atoms with van der Waals surface area (Å²) in [6, 6.07) is 0. The second kappa shape index (κ2) is 5.82. The molecule has 5 heteroatoms. The summed E-state index contributed by atoms with van der Waals surface area (Å²) in [5.41, 5.74) is 0. The highest BCUT2D eigenvalue weighted by molar-refractivity contribution is 4.91. The van der Waals surface area contributed by atoms with Gasteiger partial charge < -0.3 is 9.88 Å². The van der Waals surface area contributed by atoms with Crippen LogP contribution in [0.1, 0.15) is 18.1 Å². The van der Waals surface area contributed by atoms with Crippen LogP contribution in [-0.4, -0.2) is 46.8 Å². The van der Waals surface area contributed by atoms with Crippen molar-refractivity contribution in [3.63, 3.8) is 0 Å². The number of hydrogen-bond acceptors (Lipinski definition) is 4. The van der Waals surface area contributed by atoms with Gasteiger partial charge in [-0.05, 0) is 40.5 Å². The van der Waals surface area contributed by atoms with Gasteiger partial charge in [-0.3, -0.25) is 4.90 Å². The third-order valence-corrected chi connectivity index (χ3v) is 2.56. The normalized spacial score (nSPS) is 11.3. The Balaban J connectivity index is 2.37. The van der Waals surface area contributed by atoms with E-state index in [1.54, 1.807) is 0 Å². The van der Waals surface area contributed by atoms with Gasteiger partial charge in [-0.15, -0.1) is 10.2 Å². The maximum Gasteiger partial charge on any atom is 0.146 e. The summed E-state index contributed by atoms with van der Waals surface area (Å²) in [4.78, 5) is 2.26. The van der Waals surface area contributed by atoms with Crippen molar-refractivity contribution in [2.75, 3.05) is 27.2 Å². The zero-order chi connectivity index (χ0) is 11.3. The van der Waals surface area contributed by atoms with Crippen molar-refractivity contribution >= 4 is 0 Å². The van der Waals surface area contributed by atoms with Crippen LogP contribution in [0.15, 0.2) is 0 Å². The second-order valence-corrected chi connectivity index (χ2v) is 3.92. The summed E-state index contributed by atoms with van der Waals surface area (Å²) in [6.45, 7) is 4.97. The molecule has 0 spiro atoms. The van der Waals surface area contributed by atoms with E-state index >= 15 is 0 Å². The maximum absolute atomic E-state index is 4.14. The quantitative estimate of drug-likeness (QED) is 0.681. The molecular weight excluding hydrogens is 190 g/mol. The van der Waals surface area contributed by atoms with Gasteiger partial charge in [0, 0.05) is 7.05 Å². The van der Waals surface area contributed by atoms with Gasteiger partial charge in [-0.1, -0.05) is 0 Å². The summed E-state index contributed by atoms with van der Waals surface area (Å²) in [5, 5.41) is 11.3. The summed E-state index contributed by atoms with van der Waals surface area (Å²) < 4.78 is 2.04. The largest absolute Gasteiger partial charge is 0.320 e. The highest BCUT2D eigenvalue weighted by Gasteiger charge is 2.07. The smallest absolute Gasteiger partial charge is 0.146 e. The molecule has 1 aromatic rings. The first kappa shape index (κ1) is 12.1. The van der Waals surface area contributed by atoms with Crippen LogP contribution < -0.4 is 5.32 Å². The van der Waals surface area contributed by atoms with Gasteiger partial charge in [0.1, 0.15) is 11.6 Å². The number of aromatic nitrogens is 3. The van der Waals surface area contributed by atoms with Gasteiger partial charge >= 0.3 is 0 Å². The van der Waals surface area contributed by atoms with E-state index in [1.165, 1.54) is 0 Å². The number of nitrogens with one attached hydrogen (secondary N) is 1. The zero-order valence-electron chi connectivity index (χ0n) is 10.1. The van der Waals surface area contributed by atoms with Crippen molar-refractivity contribution < 1.29 is 0 Å². The van der Waals surface area contributed by atoms with E-state index in [2.05, 4.69) is 27.5 Å². The van der Waals surface area contributed by atoms with E-state index in [-0.39, 0.29) is 0 Å². The van der Waals surface area contributed by atoms with Gasteiger partial charge in [-0.25, -0.2) is 0 Å². The van der Waals surface area contributed by atoms with E-state index in [1.807, 2.05) is 25.6 Å². The third-order valence-electron chi connectivity index (χ3n) is 2.56. The molecule has 0 saturated carbocycles. The highest BCUT2D eigenvalue weighted by atomic mass is 15.3. The molecule has 86 valence electrons. The Morgan fingerprint density at radius 3 is 2.67 bits per heavy atom. The number of aryl methyl sites for hydroxylation is 1. The fourth-order valence-corrected chi connectivity index (χ4v) is 1.43. The minimum atomic E-state index is 0.862. The Kier molecular flexibility index (Phi) is 4.71. The Bertz CT molecular complexity index is 294. The Hall–Kier alpha value is -0.940. The first-order valence-corrected chi connectivity index (χ1v) is 5.33. The predicted octanol–water partition coefficient (Wildman–Crippen LogP) is 0.165. The predicted molar refractivity (Wildman–Crippen MR) is 60.6 cm³/mol. The molecule has 0 aliphatic heterocycles. The van der Waals surface area contributed by atoms with Crippen LogP contribution >= 0.6 is 0 Å². The molecule has 0 unspecified atom stereocenters. The summed E-state index contributed by atoms with van der Waals surface area (Å²) in [6.07, 6.45) is 1.16. The zero-order valence-corrected chi connectivity index (χ0v) is 10.1. The monoisotopic (exact) mass is 211 g/mol. The third kappa shape index (κ3) is 3.60. The molecule has 0 fully saturated rings. The first-order chi connectivity index (χ1) is 7.15. The molecular formula is C10H21N5. The van der Waals surface area contributed by atoms with Gasteiger partial charge in [0.15, 0.2) is 0 Å². The van der Waals surface area contributed by atoms with Crippen molar-refractivity contribution in [1.29, 1.82) is 0 Å². The summed E-state index contributed by atoms with van der Waals surface area (Å²) in [7, 11) is 6.10. The molecule has 0 atom stereocenters. The lowest BCUT2D eigenvalue weighted by molar-refractivity contribution is 0.309. The van der Waals surface area contributed by atoms with E-state index < -0.39 is 0 Å². The lowest BCUT2D eigenvalue weighted by atomic mass is 10.4. The molecule has 0 saturated heterocycles. The van der Waals surface area contributed by atoms with E-state index in [0.29, 0.717) is 0 Å². The molecule has 0 amide bonds. The fraction of sp³-hybridized carbons (Fsp3) is 0.800. The van der Waals surface area contributed by atoms with Crippen LogP contribution in [0, 0.1) is 6.92 Å². The van der Waals surface area contributed by atoms with Crippen LogP contribution in [0.2, 0.25) is 0 Å². The average molecular weight is 211 g/mol. The lowest BCUT2D eigenvalue weighted by Crippen LogP contribution is -2.24. The van der Waals surface area contributed by atoms with Gasteiger partial charge in [0.25, 0.3) is 0 Å². The van der Waals surface area contributed by atoms with Crippen molar-refractivity contribution in [1.82, 2.24) is 25.0 Å². The Labute approximate surface area is 91.5 Å². The van der Waals surface area contributed by atoms with Crippen LogP contribution in [0.25, 0.3) is 0 Å². The molecule has 0 bridgehead atoms. The summed E-state index contributed by atoms with van der Waals surface area (Å²) in [5.74, 6) is 1.99. The molecule has 0 aromatic carbocycles. The van der Waals surface area contributed by atoms with Gasteiger partial charge in [0.2, 0.25) is 0 Å². The molecule has 1 heterocycles. The van der Waals surface area contributed by atoms with E-state index in [0.717, 1.165) is 37.7 Å². The molecule has 1 aromatic heterocycles. The second-order valence-electron chi connectivity index (χ2n) is 3.92. The maximum atomic E-state index is 4.14. The van der Waals surface area contributed by atoms with Crippen LogP contribution in [0.5, 0.6) is 0 Å². The highest BCUT2D eigenvalue weighted by Crippen LogP contribution is 2.01. The van der Waals surface area contributed by atoms with Crippen molar-refractivity contribution in [3.05, 3.63) is 11.6 Å². The molecule has 0 aliphatic carbocycles. The van der Waals surface area contributed by atoms with Crippen LogP contribution in [-0.2, 0) is 13.6 Å². The minimum Gasteiger partial charge on any atom is -0.320 e. The Morgan fingerprint density at radius 2 is 2.13 bits per heavy atom. The van der Waals surface area contributed by atoms with Crippen molar-refractivity contribution in [2.24, 2.45) is 7.05 Å². The van der Waals surface area contributed by atoms with Crippen LogP contribution in [0.4, 0.5) is 0 Å². The molecule has 0 aliphatic rings.